The van der Waals surface area contributed by atoms with E-state index in [1.54, 1.807) is 13.8 Å². The molecule has 7 nitrogen and oxygen atoms in total. The molecule has 1 aromatic carbocycles. The Morgan fingerprint density at radius 2 is 1.91 bits per heavy atom. The first-order valence-electron chi connectivity index (χ1n) is 7.21. The molecule has 1 fully saturated rings. The summed E-state index contributed by atoms with van der Waals surface area (Å²) in [6.45, 7) is 6.87. The van der Waals surface area contributed by atoms with Gasteiger partial charge >= 0.3 is 0 Å². The standard InChI is InChI=1S/C14H21N3O4S.ClH/c1-9-6-13(17(18)19)14(7-10(9)2)22(20,21)16-12-4-5-15-8-11(12)3;/h6-7,11-12,15-16H,4-5,8H2,1-3H3;1H. The van der Waals surface area contributed by atoms with Crippen LogP contribution in [0.15, 0.2) is 17.0 Å². The fraction of sp³-hybridized carbons (Fsp3) is 0.571. The van der Waals surface area contributed by atoms with Gasteiger partial charge in [-0.05, 0) is 56.5 Å². The smallest absolute Gasteiger partial charge is 0.289 e. The molecule has 1 aromatic rings. The molecule has 0 radical (unpaired) electrons. The minimum Gasteiger partial charge on any atom is -0.316 e. The Bertz CT molecular complexity index is 694. The van der Waals surface area contributed by atoms with Gasteiger partial charge in [0.2, 0.25) is 10.0 Å². The third-order valence-corrected chi connectivity index (χ3v) is 5.67. The predicted octanol–water partition coefficient (Wildman–Crippen LogP) is 1.91. The number of benzene rings is 1. The number of sulfonamides is 1. The third-order valence-electron chi connectivity index (χ3n) is 4.15. The number of hydrogen-bond donors (Lipinski definition) is 2. The number of nitrogens with zero attached hydrogens (tertiary/aromatic N) is 1. The van der Waals surface area contributed by atoms with Gasteiger partial charge in [-0.25, -0.2) is 13.1 Å². The van der Waals surface area contributed by atoms with E-state index < -0.39 is 14.9 Å². The highest BCUT2D eigenvalue weighted by Gasteiger charge is 2.31. The highest BCUT2D eigenvalue weighted by molar-refractivity contribution is 7.89. The molecule has 0 aromatic heterocycles. The topological polar surface area (TPSA) is 101 Å². The van der Waals surface area contributed by atoms with Crippen LogP contribution in [0.3, 0.4) is 0 Å². The lowest BCUT2D eigenvalue weighted by Crippen LogP contribution is -2.48. The van der Waals surface area contributed by atoms with Crippen molar-refractivity contribution < 1.29 is 13.3 Å². The van der Waals surface area contributed by atoms with Crippen LogP contribution in [0.25, 0.3) is 0 Å². The van der Waals surface area contributed by atoms with Crippen molar-refractivity contribution in [2.45, 2.75) is 38.1 Å². The Balaban J connectivity index is 0.00000264. The summed E-state index contributed by atoms with van der Waals surface area (Å²) >= 11 is 0. The van der Waals surface area contributed by atoms with Crippen LogP contribution in [-0.4, -0.2) is 32.5 Å². The van der Waals surface area contributed by atoms with Crippen LogP contribution >= 0.6 is 12.4 Å². The number of nitrogens with one attached hydrogen (secondary N) is 2. The summed E-state index contributed by atoms with van der Waals surface area (Å²) < 4.78 is 27.8. The number of nitro benzene ring substituents is 1. The average molecular weight is 364 g/mol. The Labute approximate surface area is 142 Å². The molecule has 2 atom stereocenters. The second-order valence-electron chi connectivity index (χ2n) is 5.86. The lowest BCUT2D eigenvalue weighted by molar-refractivity contribution is -0.387. The average Bonchev–Trinajstić information content (AvgIpc) is 2.43. The minimum absolute atomic E-state index is 0. The Morgan fingerprint density at radius 1 is 1.30 bits per heavy atom. The Morgan fingerprint density at radius 3 is 2.48 bits per heavy atom. The summed E-state index contributed by atoms with van der Waals surface area (Å²) in [6.07, 6.45) is 0.666. The van der Waals surface area contributed by atoms with Gasteiger partial charge in [0.15, 0.2) is 4.90 Å². The third kappa shape index (κ3) is 4.41. The molecule has 1 aliphatic heterocycles. The van der Waals surface area contributed by atoms with Gasteiger partial charge in [0, 0.05) is 12.1 Å². The van der Waals surface area contributed by atoms with Crippen LogP contribution in [0.1, 0.15) is 24.5 Å². The predicted molar refractivity (Wildman–Crippen MR) is 90.6 cm³/mol. The molecule has 23 heavy (non-hydrogen) atoms. The molecule has 2 N–H and O–H groups in total. The Hall–Kier alpha value is -1.22. The van der Waals surface area contributed by atoms with E-state index in [0.717, 1.165) is 13.1 Å². The molecule has 1 aliphatic rings. The van der Waals surface area contributed by atoms with Crippen LogP contribution in [-0.2, 0) is 10.0 Å². The molecular formula is C14H22ClN3O4S. The molecule has 0 spiro atoms. The molecule has 0 saturated carbocycles. The SMILES string of the molecule is Cc1cc([N+](=O)[O-])c(S(=O)(=O)NC2CCNCC2C)cc1C.Cl. The van der Waals surface area contributed by atoms with Crippen LogP contribution in [0.2, 0.25) is 0 Å². The van der Waals surface area contributed by atoms with Gasteiger partial charge in [-0.3, -0.25) is 10.1 Å². The van der Waals surface area contributed by atoms with Crippen LogP contribution in [0.5, 0.6) is 0 Å². The first-order valence-corrected chi connectivity index (χ1v) is 8.69. The summed E-state index contributed by atoms with van der Waals surface area (Å²) in [5.41, 5.74) is 1.03. The Kier molecular flexibility index (Phi) is 6.52. The number of halogens is 1. The van der Waals surface area contributed by atoms with Gasteiger partial charge in [0.1, 0.15) is 0 Å². The summed E-state index contributed by atoms with van der Waals surface area (Å²) in [5.74, 6) is 0.133. The zero-order valence-electron chi connectivity index (χ0n) is 13.3. The van der Waals surface area contributed by atoms with Crippen molar-refractivity contribution >= 4 is 28.1 Å². The van der Waals surface area contributed by atoms with E-state index in [0.29, 0.717) is 17.5 Å². The number of aryl methyl sites for hydroxylation is 2. The van der Waals surface area contributed by atoms with E-state index in [1.165, 1.54) is 12.1 Å². The molecule has 0 aliphatic carbocycles. The van der Waals surface area contributed by atoms with Crippen LogP contribution in [0, 0.1) is 29.9 Å². The maximum absolute atomic E-state index is 12.6. The summed E-state index contributed by atoms with van der Waals surface area (Å²) in [7, 11) is -3.93. The largest absolute Gasteiger partial charge is 0.316 e. The molecule has 0 amide bonds. The van der Waals surface area contributed by atoms with Crippen molar-refractivity contribution in [3.63, 3.8) is 0 Å². The van der Waals surface area contributed by atoms with E-state index in [2.05, 4.69) is 10.0 Å². The lowest BCUT2D eigenvalue weighted by Gasteiger charge is -2.29. The van der Waals surface area contributed by atoms with Crippen molar-refractivity contribution in [3.8, 4) is 0 Å². The zero-order valence-corrected chi connectivity index (χ0v) is 15.0. The van der Waals surface area contributed by atoms with E-state index in [-0.39, 0.29) is 34.9 Å². The zero-order chi connectivity index (χ0) is 16.5. The molecule has 0 bridgehead atoms. The van der Waals surface area contributed by atoms with Gasteiger partial charge in [-0.15, -0.1) is 12.4 Å². The molecule has 130 valence electrons. The van der Waals surface area contributed by atoms with Gasteiger partial charge in [0.05, 0.1) is 4.92 Å². The second-order valence-corrected chi connectivity index (χ2v) is 7.54. The summed E-state index contributed by atoms with van der Waals surface area (Å²) in [5, 5.41) is 14.4. The van der Waals surface area contributed by atoms with Gasteiger partial charge in [0.25, 0.3) is 5.69 Å². The van der Waals surface area contributed by atoms with Gasteiger partial charge in [-0.2, -0.15) is 0 Å². The fourth-order valence-electron chi connectivity index (χ4n) is 2.58. The second kappa shape index (κ2) is 7.57. The highest BCUT2D eigenvalue weighted by atomic mass is 35.5. The van der Waals surface area contributed by atoms with Crippen molar-refractivity contribution in [2.24, 2.45) is 5.92 Å². The van der Waals surface area contributed by atoms with Gasteiger partial charge < -0.3 is 5.32 Å². The van der Waals surface area contributed by atoms with E-state index >= 15 is 0 Å². The minimum atomic E-state index is -3.93. The molecule has 2 rings (SSSR count). The normalized spacial score (nSPS) is 21.5. The summed E-state index contributed by atoms with van der Waals surface area (Å²) in [6, 6.07) is 2.48. The van der Waals surface area contributed by atoms with E-state index in [1.807, 2.05) is 6.92 Å². The quantitative estimate of drug-likeness (QED) is 0.628. The fourth-order valence-corrected chi connectivity index (χ4v) is 4.20. The molecule has 1 heterocycles. The van der Waals surface area contributed by atoms with Crippen LogP contribution in [0.4, 0.5) is 5.69 Å². The maximum Gasteiger partial charge on any atom is 0.289 e. The monoisotopic (exact) mass is 363 g/mol. The maximum atomic E-state index is 12.6. The lowest BCUT2D eigenvalue weighted by atomic mass is 9.97. The number of rotatable bonds is 4. The van der Waals surface area contributed by atoms with Gasteiger partial charge in [-0.1, -0.05) is 6.92 Å². The number of nitro groups is 1. The molecule has 2 unspecified atom stereocenters. The number of hydrogen-bond acceptors (Lipinski definition) is 5. The van der Waals surface area contributed by atoms with Crippen molar-refractivity contribution in [2.75, 3.05) is 13.1 Å². The number of piperidine rings is 1. The first kappa shape index (κ1) is 19.8. The van der Waals surface area contributed by atoms with Crippen molar-refractivity contribution in [3.05, 3.63) is 33.4 Å². The summed E-state index contributed by atoms with van der Waals surface area (Å²) in [4.78, 5) is 10.3. The first-order chi connectivity index (χ1) is 10.2. The highest BCUT2D eigenvalue weighted by Crippen LogP contribution is 2.28. The van der Waals surface area contributed by atoms with E-state index in [9.17, 15) is 18.5 Å². The van der Waals surface area contributed by atoms with Crippen molar-refractivity contribution in [1.29, 1.82) is 0 Å². The van der Waals surface area contributed by atoms with Crippen LogP contribution < -0.4 is 10.0 Å². The molecule has 9 heteroatoms. The molecule has 1 saturated heterocycles. The van der Waals surface area contributed by atoms with Crippen molar-refractivity contribution in [1.82, 2.24) is 10.0 Å². The van der Waals surface area contributed by atoms with E-state index in [4.69, 9.17) is 0 Å². The molecular weight excluding hydrogens is 342 g/mol.